The van der Waals surface area contributed by atoms with Crippen LogP contribution in [0.15, 0.2) is 18.2 Å². The molecule has 1 aromatic carbocycles. The zero-order chi connectivity index (χ0) is 19.1. The molecule has 7 nitrogen and oxygen atoms in total. The van der Waals surface area contributed by atoms with Gasteiger partial charge in [0.05, 0.1) is 19.3 Å². The number of carboxylic acid groups (broad SMARTS) is 1. The van der Waals surface area contributed by atoms with Crippen LogP contribution in [0.4, 0.5) is 9.18 Å². The summed E-state index contributed by atoms with van der Waals surface area (Å²) in [6.07, 6.45) is 0.269. The summed E-state index contributed by atoms with van der Waals surface area (Å²) in [5.41, 5.74) is 0.767. The molecule has 1 atom stereocenters. The van der Waals surface area contributed by atoms with Gasteiger partial charge >= 0.3 is 12.0 Å². The van der Waals surface area contributed by atoms with E-state index in [1.807, 2.05) is 0 Å². The average molecular weight is 388 g/mol. The van der Waals surface area contributed by atoms with Crippen LogP contribution in [-0.2, 0) is 16.0 Å². The molecule has 26 heavy (non-hydrogen) atoms. The maximum absolute atomic E-state index is 13.0. The van der Waals surface area contributed by atoms with Crippen molar-refractivity contribution in [1.82, 2.24) is 15.1 Å². The summed E-state index contributed by atoms with van der Waals surface area (Å²) in [5.74, 6) is -1.30. The Kier molecular flexibility index (Phi) is 7.62. The van der Waals surface area contributed by atoms with Gasteiger partial charge in [-0.05, 0) is 31.2 Å². The Bertz CT molecular complexity index is 646. The number of carbonyl (C=O) groups excluding carboxylic acids is 1. The summed E-state index contributed by atoms with van der Waals surface area (Å²) >= 11 is 5.97. The van der Waals surface area contributed by atoms with Crippen LogP contribution in [-0.4, -0.2) is 79.4 Å². The zero-order valence-corrected chi connectivity index (χ0v) is 15.3. The van der Waals surface area contributed by atoms with E-state index in [0.29, 0.717) is 44.2 Å². The van der Waals surface area contributed by atoms with Gasteiger partial charge in [-0.15, -0.1) is 0 Å². The number of amides is 2. The zero-order valence-electron chi connectivity index (χ0n) is 14.6. The Balaban J connectivity index is 1.76. The van der Waals surface area contributed by atoms with Crippen LogP contribution in [0.2, 0.25) is 5.02 Å². The molecule has 9 heteroatoms. The predicted octanol–water partition coefficient (Wildman–Crippen LogP) is 1.45. The number of aliphatic carboxylic acids is 1. The lowest BCUT2D eigenvalue weighted by Crippen LogP contribution is -2.52. The fourth-order valence-corrected chi connectivity index (χ4v) is 3.06. The second kappa shape index (κ2) is 9.70. The summed E-state index contributed by atoms with van der Waals surface area (Å²) in [5, 5.41) is 12.0. The highest BCUT2D eigenvalue weighted by Gasteiger charge is 2.25. The molecule has 1 aliphatic rings. The number of nitrogens with zero attached hydrogens (tertiary/aromatic N) is 2. The van der Waals surface area contributed by atoms with Crippen LogP contribution in [0, 0.1) is 5.82 Å². The molecule has 1 saturated heterocycles. The number of carbonyl (C=O) groups is 2. The second-order valence-electron chi connectivity index (χ2n) is 6.25. The monoisotopic (exact) mass is 387 g/mol. The van der Waals surface area contributed by atoms with Crippen molar-refractivity contribution in [3.63, 3.8) is 0 Å². The third-order valence-corrected chi connectivity index (χ3v) is 4.38. The molecule has 2 amide bonds. The van der Waals surface area contributed by atoms with Crippen LogP contribution in [0.25, 0.3) is 0 Å². The molecule has 1 unspecified atom stereocenters. The van der Waals surface area contributed by atoms with Crippen LogP contribution < -0.4 is 5.32 Å². The molecule has 2 rings (SSSR count). The lowest BCUT2D eigenvalue weighted by Gasteiger charge is -2.34. The quantitative estimate of drug-likeness (QED) is 0.740. The molecule has 0 bridgehead atoms. The fourth-order valence-electron chi connectivity index (χ4n) is 2.80. The third-order valence-electron chi connectivity index (χ3n) is 4.03. The normalized spacial score (nSPS) is 17.4. The number of halogens is 2. The molecule has 1 aliphatic heterocycles. The smallest absolute Gasteiger partial charge is 0.317 e. The van der Waals surface area contributed by atoms with Gasteiger partial charge in [-0.25, -0.2) is 9.18 Å². The van der Waals surface area contributed by atoms with Crippen molar-refractivity contribution in [2.45, 2.75) is 12.5 Å². The molecular formula is C17H23ClFN3O4. The van der Waals surface area contributed by atoms with Gasteiger partial charge in [0.15, 0.2) is 0 Å². The van der Waals surface area contributed by atoms with Crippen molar-refractivity contribution in [2.24, 2.45) is 0 Å². The van der Waals surface area contributed by atoms with Gasteiger partial charge in [-0.1, -0.05) is 17.7 Å². The number of likely N-dealkylation sites (N-methyl/N-ethyl adjacent to an activating group) is 1. The molecular weight excluding hydrogens is 365 g/mol. The van der Waals surface area contributed by atoms with Crippen LogP contribution >= 0.6 is 11.6 Å². The lowest BCUT2D eigenvalue weighted by molar-refractivity contribution is -0.138. The highest BCUT2D eigenvalue weighted by molar-refractivity contribution is 6.31. The Morgan fingerprint density at radius 2 is 2.27 bits per heavy atom. The number of rotatable bonds is 7. The molecule has 1 heterocycles. The predicted molar refractivity (Wildman–Crippen MR) is 95.0 cm³/mol. The summed E-state index contributed by atoms with van der Waals surface area (Å²) in [4.78, 5) is 26.3. The van der Waals surface area contributed by atoms with E-state index in [-0.39, 0.29) is 18.7 Å². The Morgan fingerprint density at radius 1 is 1.50 bits per heavy atom. The number of hydrogen-bond acceptors (Lipinski definition) is 4. The summed E-state index contributed by atoms with van der Waals surface area (Å²) < 4.78 is 18.6. The van der Waals surface area contributed by atoms with E-state index in [4.69, 9.17) is 21.4 Å². The lowest BCUT2D eigenvalue weighted by atomic mass is 10.1. The van der Waals surface area contributed by atoms with Gasteiger partial charge in [0, 0.05) is 31.2 Å². The van der Waals surface area contributed by atoms with E-state index in [2.05, 4.69) is 5.32 Å². The first-order chi connectivity index (χ1) is 12.3. The highest BCUT2D eigenvalue weighted by Crippen LogP contribution is 2.17. The SMILES string of the molecule is CN(CC(=O)O)CC1CN(C(=O)NCCc2ccc(F)cc2Cl)CCO1. The summed E-state index contributed by atoms with van der Waals surface area (Å²) in [6, 6.07) is 3.98. The number of hydrogen-bond donors (Lipinski definition) is 2. The van der Waals surface area contributed by atoms with E-state index in [0.717, 1.165) is 5.56 Å². The Hall–Kier alpha value is -1.90. The Labute approximate surface area is 156 Å². The number of urea groups is 1. The van der Waals surface area contributed by atoms with Gasteiger partial charge in [-0.3, -0.25) is 9.69 Å². The maximum Gasteiger partial charge on any atom is 0.317 e. The Morgan fingerprint density at radius 3 is 2.96 bits per heavy atom. The summed E-state index contributed by atoms with van der Waals surface area (Å²) in [7, 11) is 1.70. The average Bonchev–Trinajstić information content (AvgIpc) is 2.56. The maximum atomic E-state index is 13.0. The minimum Gasteiger partial charge on any atom is -0.480 e. The first kappa shape index (κ1) is 20.4. The highest BCUT2D eigenvalue weighted by atomic mass is 35.5. The van der Waals surface area contributed by atoms with Gasteiger partial charge in [-0.2, -0.15) is 0 Å². The molecule has 0 saturated carbocycles. The number of ether oxygens (including phenoxy) is 1. The van der Waals surface area contributed by atoms with Gasteiger partial charge in [0.1, 0.15) is 5.82 Å². The van der Waals surface area contributed by atoms with Crippen molar-refractivity contribution in [1.29, 1.82) is 0 Å². The molecule has 2 N–H and O–H groups in total. The van der Waals surface area contributed by atoms with Crippen LogP contribution in [0.3, 0.4) is 0 Å². The number of nitrogens with one attached hydrogen (secondary N) is 1. The first-order valence-electron chi connectivity index (χ1n) is 8.34. The standard InChI is InChI=1S/C17H23ClFN3O4/c1-21(11-16(23)24)9-14-10-22(6-7-26-14)17(25)20-5-4-12-2-3-13(19)8-15(12)18/h2-3,8,14H,4-7,9-11H2,1H3,(H,20,25)(H,23,24). The number of carboxylic acids is 1. The topological polar surface area (TPSA) is 82.1 Å². The van der Waals surface area contributed by atoms with E-state index < -0.39 is 11.8 Å². The minimum atomic E-state index is -0.905. The van der Waals surface area contributed by atoms with Gasteiger partial charge in [0.2, 0.25) is 0 Å². The van der Waals surface area contributed by atoms with Gasteiger partial charge in [0.25, 0.3) is 0 Å². The van der Waals surface area contributed by atoms with E-state index in [9.17, 15) is 14.0 Å². The van der Waals surface area contributed by atoms with Crippen molar-refractivity contribution in [2.75, 3.05) is 46.4 Å². The van der Waals surface area contributed by atoms with E-state index in [1.165, 1.54) is 12.1 Å². The minimum absolute atomic E-state index is 0.0789. The summed E-state index contributed by atoms with van der Waals surface area (Å²) in [6.45, 7) is 2.01. The number of morpholine rings is 1. The molecule has 1 aromatic rings. The van der Waals surface area contributed by atoms with Crippen molar-refractivity contribution < 1.29 is 23.8 Å². The number of benzene rings is 1. The van der Waals surface area contributed by atoms with Crippen molar-refractivity contribution in [3.05, 3.63) is 34.6 Å². The van der Waals surface area contributed by atoms with Gasteiger partial charge < -0.3 is 20.1 Å². The molecule has 0 spiro atoms. The second-order valence-corrected chi connectivity index (χ2v) is 6.65. The van der Waals surface area contributed by atoms with Crippen LogP contribution in [0.5, 0.6) is 0 Å². The van der Waals surface area contributed by atoms with E-state index >= 15 is 0 Å². The molecule has 0 aliphatic carbocycles. The third kappa shape index (κ3) is 6.44. The molecule has 1 fully saturated rings. The first-order valence-corrected chi connectivity index (χ1v) is 8.71. The largest absolute Gasteiger partial charge is 0.480 e. The fraction of sp³-hybridized carbons (Fsp3) is 0.529. The van der Waals surface area contributed by atoms with E-state index in [1.54, 1.807) is 22.9 Å². The molecule has 144 valence electrons. The molecule has 0 radical (unpaired) electrons. The van der Waals surface area contributed by atoms with Crippen molar-refractivity contribution in [3.8, 4) is 0 Å². The van der Waals surface area contributed by atoms with Crippen molar-refractivity contribution >= 4 is 23.6 Å². The van der Waals surface area contributed by atoms with Crippen LogP contribution in [0.1, 0.15) is 5.56 Å². The molecule has 0 aromatic heterocycles.